The van der Waals surface area contributed by atoms with E-state index < -0.39 is 0 Å². The van der Waals surface area contributed by atoms with Gasteiger partial charge in [-0.2, -0.15) is 0 Å². The summed E-state index contributed by atoms with van der Waals surface area (Å²) in [5, 5.41) is 5.33. The van der Waals surface area contributed by atoms with Gasteiger partial charge in [-0.1, -0.05) is 23.7 Å². The summed E-state index contributed by atoms with van der Waals surface area (Å²) < 4.78 is 0. The van der Waals surface area contributed by atoms with Crippen LogP contribution in [-0.2, 0) is 13.1 Å². The van der Waals surface area contributed by atoms with E-state index in [1.807, 2.05) is 31.2 Å². The van der Waals surface area contributed by atoms with Crippen LogP contribution in [0.1, 0.15) is 21.1 Å². The fourth-order valence-corrected chi connectivity index (χ4v) is 2.69. The first-order valence-corrected chi connectivity index (χ1v) is 6.72. The van der Waals surface area contributed by atoms with Crippen molar-refractivity contribution in [2.45, 2.75) is 26.9 Å². The maximum Gasteiger partial charge on any atom is 0.0900 e. The first-order valence-electron chi connectivity index (χ1n) is 5.53. The predicted octanol–water partition coefficient (Wildman–Crippen LogP) is 3.70. The molecule has 0 saturated carbocycles. The van der Waals surface area contributed by atoms with Gasteiger partial charge in [0.25, 0.3) is 0 Å². The summed E-state index contributed by atoms with van der Waals surface area (Å²) in [5.74, 6) is 0. The molecule has 0 bridgehead atoms. The van der Waals surface area contributed by atoms with Crippen LogP contribution >= 0.6 is 22.9 Å². The second-order valence-electron chi connectivity index (χ2n) is 3.97. The van der Waals surface area contributed by atoms with E-state index in [1.165, 1.54) is 10.4 Å². The van der Waals surface area contributed by atoms with E-state index in [-0.39, 0.29) is 0 Å². The molecule has 0 atom stereocenters. The number of nitrogens with one attached hydrogen (secondary N) is 1. The minimum absolute atomic E-state index is 0.780. The molecule has 0 saturated heterocycles. The molecule has 0 spiro atoms. The van der Waals surface area contributed by atoms with Crippen molar-refractivity contribution in [2.75, 3.05) is 0 Å². The number of hydrogen-bond acceptors (Lipinski definition) is 3. The average molecular weight is 267 g/mol. The van der Waals surface area contributed by atoms with Crippen LogP contribution in [-0.4, -0.2) is 4.98 Å². The van der Waals surface area contributed by atoms with Crippen molar-refractivity contribution in [3.05, 3.63) is 50.4 Å². The van der Waals surface area contributed by atoms with Crippen molar-refractivity contribution in [1.29, 1.82) is 0 Å². The van der Waals surface area contributed by atoms with E-state index in [1.54, 1.807) is 11.3 Å². The smallest absolute Gasteiger partial charge is 0.0900 e. The number of thiazole rings is 1. The zero-order valence-corrected chi connectivity index (χ0v) is 11.5. The van der Waals surface area contributed by atoms with Gasteiger partial charge in [0.1, 0.15) is 0 Å². The fraction of sp³-hybridized carbons (Fsp3) is 0.308. The summed E-state index contributed by atoms with van der Waals surface area (Å²) in [4.78, 5) is 5.73. The number of aromatic nitrogens is 1. The lowest BCUT2D eigenvalue weighted by atomic mass is 10.2. The minimum atomic E-state index is 0.780. The summed E-state index contributed by atoms with van der Waals surface area (Å²) in [5.41, 5.74) is 2.38. The van der Waals surface area contributed by atoms with E-state index in [0.29, 0.717) is 0 Å². The highest BCUT2D eigenvalue weighted by Gasteiger charge is 2.03. The van der Waals surface area contributed by atoms with Gasteiger partial charge in [-0.05, 0) is 31.5 Å². The van der Waals surface area contributed by atoms with Crippen LogP contribution in [0.15, 0.2) is 24.3 Å². The van der Waals surface area contributed by atoms with Gasteiger partial charge >= 0.3 is 0 Å². The summed E-state index contributed by atoms with van der Waals surface area (Å²) in [7, 11) is 0. The van der Waals surface area contributed by atoms with Gasteiger partial charge < -0.3 is 5.32 Å². The molecular formula is C13H15ClN2S. The minimum Gasteiger partial charge on any atom is -0.308 e. The Balaban J connectivity index is 1.87. The molecule has 0 aliphatic heterocycles. The summed E-state index contributed by atoms with van der Waals surface area (Å²) in [6.45, 7) is 5.83. The van der Waals surface area contributed by atoms with E-state index in [4.69, 9.17) is 11.6 Å². The van der Waals surface area contributed by atoms with Gasteiger partial charge in [-0.15, -0.1) is 11.3 Å². The molecule has 4 heteroatoms. The zero-order chi connectivity index (χ0) is 12.3. The Labute approximate surface area is 111 Å². The predicted molar refractivity (Wildman–Crippen MR) is 73.6 cm³/mol. The van der Waals surface area contributed by atoms with Gasteiger partial charge in [0.15, 0.2) is 0 Å². The number of rotatable bonds is 4. The molecular weight excluding hydrogens is 252 g/mol. The topological polar surface area (TPSA) is 24.9 Å². The summed E-state index contributed by atoms with van der Waals surface area (Å²) >= 11 is 7.60. The monoisotopic (exact) mass is 266 g/mol. The van der Waals surface area contributed by atoms with Crippen molar-refractivity contribution >= 4 is 22.9 Å². The Morgan fingerprint density at radius 2 is 1.88 bits per heavy atom. The molecule has 0 aliphatic rings. The molecule has 2 aromatic rings. The Hall–Kier alpha value is -0.900. The van der Waals surface area contributed by atoms with Crippen molar-refractivity contribution in [3.63, 3.8) is 0 Å². The van der Waals surface area contributed by atoms with Crippen molar-refractivity contribution < 1.29 is 0 Å². The lowest BCUT2D eigenvalue weighted by molar-refractivity contribution is 0.697. The van der Waals surface area contributed by atoms with Crippen LogP contribution in [0, 0.1) is 13.8 Å². The van der Waals surface area contributed by atoms with Crippen LogP contribution in [0.2, 0.25) is 5.02 Å². The molecule has 0 aliphatic carbocycles. The second kappa shape index (κ2) is 5.63. The highest BCUT2D eigenvalue weighted by Crippen LogP contribution is 2.17. The highest BCUT2D eigenvalue weighted by molar-refractivity contribution is 7.11. The third-order valence-electron chi connectivity index (χ3n) is 2.53. The van der Waals surface area contributed by atoms with Gasteiger partial charge in [-0.3, -0.25) is 0 Å². The van der Waals surface area contributed by atoms with Crippen LogP contribution in [0.5, 0.6) is 0 Å². The molecule has 1 heterocycles. The molecule has 1 aromatic carbocycles. The molecule has 1 N–H and O–H groups in total. The lowest BCUT2D eigenvalue weighted by Crippen LogP contribution is -2.12. The first kappa shape index (κ1) is 12.6. The van der Waals surface area contributed by atoms with E-state index in [2.05, 4.69) is 17.2 Å². The number of benzene rings is 1. The third-order valence-corrected chi connectivity index (χ3v) is 3.85. The standard InChI is InChI=1S/C13H15ClN2S/c1-9-13(17-10(2)16-9)8-15-7-11-3-5-12(14)6-4-11/h3-6,15H,7-8H2,1-2H3. The summed E-state index contributed by atoms with van der Waals surface area (Å²) in [6.07, 6.45) is 0. The normalized spacial score (nSPS) is 10.8. The van der Waals surface area contributed by atoms with Gasteiger partial charge in [-0.25, -0.2) is 4.98 Å². The number of halogens is 1. The molecule has 0 fully saturated rings. The fourth-order valence-electron chi connectivity index (χ4n) is 1.66. The van der Waals surface area contributed by atoms with Gasteiger partial charge in [0.2, 0.25) is 0 Å². The Bertz CT molecular complexity index is 491. The third kappa shape index (κ3) is 3.53. The van der Waals surface area contributed by atoms with E-state index in [9.17, 15) is 0 Å². The Morgan fingerprint density at radius 3 is 2.47 bits per heavy atom. The quantitative estimate of drug-likeness (QED) is 0.913. The maximum atomic E-state index is 5.84. The van der Waals surface area contributed by atoms with Crippen molar-refractivity contribution in [3.8, 4) is 0 Å². The van der Waals surface area contributed by atoms with Crippen LogP contribution in [0.25, 0.3) is 0 Å². The second-order valence-corrected chi connectivity index (χ2v) is 5.70. The number of nitrogens with zero attached hydrogens (tertiary/aromatic N) is 1. The molecule has 0 unspecified atom stereocenters. The number of hydrogen-bond donors (Lipinski definition) is 1. The molecule has 1 aromatic heterocycles. The zero-order valence-electron chi connectivity index (χ0n) is 9.96. The Morgan fingerprint density at radius 1 is 1.18 bits per heavy atom. The Kier molecular flexibility index (Phi) is 4.15. The van der Waals surface area contributed by atoms with Crippen LogP contribution < -0.4 is 5.32 Å². The molecule has 90 valence electrons. The molecule has 0 radical (unpaired) electrons. The molecule has 2 nitrogen and oxygen atoms in total. The van der Waals surface area contributed by atoms with Crippen molar-refractivity contribution in [1.82, 2.24) is 10.3 Å². The first-order chi connectivity index (χ1) is 8.15. The molecule has 17 heavy (non-hydrogen) atoms. The van der Waals surface area contributed by atoms with E-state index >= 15 is 0 Å². The largest absolute Gasteiger partial charge is 0.308 e. The molecule has 2 rings (SSSR count). The average Bonchev–Trinajstić information content (AvgIpc) is 2.60. The summed E-state index contributed by atoms with van der Waals surface area (Å²) in [6, 6.07) is 7.92. The highest BCUT2D eigenvalue weighted by atomic mass is 35.5. The number of aryl methyl sites for hydroxylation is 2. The molecule has 0 amide bonds. The lowest BCUT2D eigenvalue weighted by Gasteiger charge is -2.04. The SMILES string of the molecule is Cc1nc(C)c(CNCc2ccc(Cl)cc2)s1. The van der Waals surface area contributed by atoms with Gasteiger partial charge in [0, 0.05) is 23.0 Å². The van der Waals surface area contributed by atoms with E-state index in [0.717, 1.165) is 28.8 Å². The van der Waals surface area contributed by atoms with Crippen LogP contribution in [0.4, 0.5) is 0 Å². The van der Waals surface area contributed by atoms with Crippen molar-refractivity contribution in [2.24, 2.45) is 0 Å². The van der Waals surface area contributed by atoms with Crippen LogP contribution in [0.3, 0.4) is 0 Å². The van der Waals surface area contributed by atoms with Gasteiger partial charge in [0.05, 0.1) is 10.7 Å². The maximum absolute atomic E-state index is 5.84.